The molecular formula is C42H66N8O8P12S2Si. The highest BCUT2D eigenvalue weighted by atomic mass is 33.3. The molecule has 8 unspecified atom stereocenters. The second-order valence-corrected chi connectivity index (χ2v) is 70.6. The zero-order valence-corrected chi connectivity index (χ0v) is 56.0. The highest BCUT2D eigenvalue weighted by Gasteiger charge is 2.32. The van der Waals surface area contributed by atoms with Gasteiger partial charge >= 0.3 is 24.0 Å². The highest BCUT2D eigenvalue weighted by Crippen LogP contribution is 3.16. The van der Waals surface area contributed by atoms with Gasteiger partial charge < -0.3 is 25.4 Å². The average Bonchev–Trinajstić information content (AvgIpc) is 3.69. The summed E-state index contributed by atoms with van der Waals surface area (Å²) in [5.41, 5.74) is 7.86. The van der Waals surface area contributed by atoms with E-state index in [9.17, 15) is 24.0 Å². The van der Waals surface area contributed by atoms with Crippen molar-refractivity contribution in [2.24, 2.45) is 37.9 Å². The van der Waals surface area contributed by atoms with Crippen LogP contribution in [0.25, 0.3) is 0 Å². The maximum Gasteiger partial charge on any atom is 0.415 e. The van der Waals surface area contributed by atoms with Gasteiger partial charge in [-0.05, 0) is 110 Å². The van der Waals surface area contributed by atoms with E-state index in [0.29, 0.717) is 6.42 Å². The van der Waals surface area contributed by atoms with Crippen molar-refractivity contribution in [1.82, 2.24) is 5.32 Å². The SMILES string of the molecule is CC[C@@H](CCC(=O)OCc1ccccc1)C(=O)Sc1ccccc1.C[Si](C)(C)Sc1ccccc1.N=N/N=N/N=N/N.O=C(CC[C@@H]1NC(=O)OC1=O)OCc1ccccc1.PP(P)P(P)P(P(P)P)P(P)P. The monoisotopic (exact) mass is 1270 g/mol. The smallest absolute Gasteiger partial charge is 0.415 e. The van der Waals surface area contributed by atoms with Crippen LogP contribution in [0.2, 0.25) is 19.6 Å². The third-order valence-corrected chi connectivity index (χ3v) is 79.9. The number of hydrogen-bond acceptors (Lipinski definition) is 12. The highest BCUT2D eigenvalue weighted by molar-refractivity contribution is 9.21. The third kappa shape index (κ3) is 35.3. The first-order chi connectivity index (χ1) is 34.7. The number of esters is 3. The van der Waals surface area contributed by atoms with Crippen molar-refractivity contribution in [3.8, 4) is 0 Å². The van der Waals surface area contributed by atoms with Crippen LogP contribution in [-0.4, -0.2) is 42.4 Å². The molecule has 0 aromatic heterocycles. The Morgan fingerprint density at radius 1 is 0.712 bits per heavy atom. The van der Waals surface area contributed by atoms with Gasteiger partial charge in [0.2, 0.25) is 0 Å². The lowest BCUT2D eigenvalue weighted by Gasteiger charge is -2.32. The second kappa shape index (κ2) is 42.1. The molecule has 1 amide bonds. The van der Waals surface area contributed by atoms with Gasteiger partial charge in [-0.25, -0.2) is 9.59 Å². The largest absolute Gasteiger partial charge is 0.461 e. The number of nitrogens with two attached hydrogens (primary N) is 1. The molecule has 4 N–H and O–H groups in total. The van der Waals surface area contributed by atoms with E-state index in [1.165, 1.54) is 16.7 Å². The quantitative estimate of drug-likeness (QED) is 0.00816. The Morgan fingerprint density at radius 3 is 1.56 bits per heavy atom. The zero-order chi connectivity index (χ0) is 54.6. The summed E-state index contributed by atoms with van der Waals surface area (Å²) in [4.78, 5) is 59.9. The molecule has 1 saturated heterocycles. The molecule has 398 valence electrons. The maximum absolute atomic E-state index is 12.3. The number of thioether (sulfide) groups is 1. The van der Waals surface area contributed by atoms with E-state index in [4.69, 9.17) is 15.0 Å². The standard InChI is InChI=1S/C20H22O3S.C13H13NO5.C9H14SSi.H3N7.H14P12/c1-2-17(20(22)24-18-11-7-4-8-12-18)13-14-19(21)23-15-16-9-5-3-6-10-16;15-11(18-8-9-4-2-1-3-5-9)7-6-10-12(16)19-13(17)14-10;1-11(2,3)10-9-7-5-4-6-8-9;1-3-5-7-6-4-2;1-8(2)11(7)12(9(3)4)10(5)6/h3-12,17H,2,13-15H2,1H3;1-5,10H,6-8H2,(H,14,17);4-8H,1-3H3;(H3,1,2,5,6);1-7H2/t17-;10-;;;/m00.../s1. The van der Waals surface area contributed by atoms with Crippen LogP contribution in [0.5, 0.6) is 0 Å². The van der Waals surface area contributed by atoms with Crippen LogP contribution < -0.4 is 11.2 Å². The Hall–Kier alpha value is -0.893. The van der Waals surface area contributed by atoms with Crippen molar-refractivity contribution >= 4 is 157 Å². The number of amides is 1. The minimum atomic E-state index is -0.981. The number of rotatable bonds is 21. The van der Waals surface area contributed by atoms with Crippen molar-refractivity contribution < 1.29 is 38.2 Å². The first kappa shape index (κ1) is 70.1. The van der Waals surface area contributed by atoms with Gasteiger partial charge in [0.05, 0.1) is 0 Å². The van der Waals surface area contributed by atoms with Gasteiger partial charge in [0, 0.05) is 28.6 Å². The molecule has 1 fully saturated rings. The van der Waals surface area contributed by atoms with Crippen molar-refractivity contribution in [2.75, 3.05) is 0 Å². The van der Waals surface area contributed by atoms with Gasteiger partial charge in [0.1, 0.15) is 26.5 Å². The number of benzene rings is 4. The van der Waals surface area contributed by atoms with Crippen LogP contribution in [0.4, 0.5) is 4.79 Å². The second-order valence-electron chi connectivity index (χ2n) is 15.4. The molecule has 4 aromatic carbocycles. The fourth-order valence-electron chi connectivity index (χ4n) is 5.26. The summed E-state index contributed by atoms with van der Waals surface area (Å²) in [7, 11) is 20.0. The Kier molecular flexibility index (Phi) is 40.4. The van der Waals surface area contributed by atoms with Gasteiger partial charge in [-0.2, -0.15) is 16.7 Å². The number of cyclic esters (lactones) is 2. The number of carbonyl (C=O) groups excluding carboxylic acids is 5. The van der Waals surface area contributed by atoms with Crippen LogP contribution in [0.15, 0.2) is 157 Å². The van der Waals surface area contributed by atoms with Gasteiger partial charge in [-0.15, -0.1) is 62.5 Å². The number of alkyl carbamates (subject to hydrolysis) is 1. The van der Waals surface area contributed by atoms with E-state index in [-0.39, 0.29) is 84.4 Å². The van der Waals surface area contributed by atoms with E-state index in [0.717, 1.165) is 22.4 Å². The predicted molar refractivity (Wildman–Crippen MR) is 338 cm³/mol. The molecule has 10 atom stereocenters. The summed E-state index contributed by atoms with van der Waals surface area (Å²) in [6.45, 7) is 10.2. The van der Waals surface area contributed by atoms with Crippen LogP contribution >= 0.6 is 120 Å². The lowest BCUT2D eigenvalue weighted by atomic mass is 10.0. The van der Waals surface area contributed by atoms with Crippen LogP contribution in [0.3, 0.4) is 0 Å². The number of hydrogen-bond donors (Lipinski definition) is 3. The van der Waals surface area contributed by atoms with E-state index in [1.807, 2.05) is 109 Å². The lowest BCUT2D eigenvalue weighted by molar-refractivity contribution is -0.146. The summed E-state index contributed by atoms with van der Waals surface area (Å²) in [5, 5.41) is 16.0. The predicted octanol–water partition coefficient (Wildman–Crippen LogP) is 16.8. The molecule has 1 heterocycles. The maximum atomic E-state index is 12.3. The normalized spacial score (nSPS) is 13.8. The number of ether oxygens (including phenoxy) is 3. The van der Waals surface area contributed by atoms with Gasteiger partial charge in [-0.1, -0.05) is 141 Å². The fourth-order valence-corrected chi connectivity index (χ4v) is 112. The Bertz CT molecular complexity index is 2270. The fraction of sp³-hybridized carbons (Fsp3) is 0.310. The number of nitrogens with zero attached hydrogens (tertiary/aromatic N) is 5. The van der Waals surface area contributed by atoms with E-state index in [2.05, 4.69) is 154 Å². The zero-order valence-electron chi connectivity index (χ0n) is 40.8. The summed E-state index contributed by atoms with van der Waals surface area (Å²) in [6.07, 6.45) is 0.984. The summed E-state index contributed by atoms with van der Waals surface area (Å²) >= 11 is 3.29. The van der Waals surface area contributed by atoms with Gasteiger partial charge in [-0.3, -0.25) is 14.4 Å². The third-order valence-electron chi connectivity index (χ3n) is 8.55. The van der Waals surface area contributed by atoms with E-state index < -0.39 is 31.3 Å². The summed E-state index contributed by atoms with van der Waals surface area (Å²) < 4.78 is 14.6. The van der Waals surface area contributed by atoms with Crippen molar-refractivity contribution in [3.63, 3.8) is 0 Å². The molecule has 5 rings (SSSR count). The first-order valence-electron chi connectivity index (χ1n) is 21.7. The molecule has 0 saturated carbocycles. The molecule has 73 heavy (non-hydrogen) atoms. The topological polar surface area (TPSA) is 237 Å². The van der Waals surface area contributed by atoms with Gasteiger partial charge in [0.15, 0.2) is 5.12 Å². The Morgan fingerprint density at radius 2 is 1.18 bits per heavy atom. The van der Waals surface area contributed by atoms with Crippen LogP contribution in [0.1, 0.15) is 50.2 Å². The lowest BCUT2D eigenvalue weighted by Crippen LogP contribution is -2.29. The first-order valence-corrected chi connectivity index (χ1v) is 48.4. The number of carbonyl (C=O) groups is 5. The molecule has 0 aliphatic carbocycles. The van der Waals surface area contributed by atoms with Crippen molar-refractivity contribution in [2.45, 2.75) is 87.7 Å². The molecule has 0 bridgehead atoms. The van der Waals surface area contributed by atoms with E-state index in [1.54, 1.807) is 0 Å². The summed E-state index contributed by atoms with van der Waals surface area (Å²) in [6, 6.07) is 38.3. The molecule has 1 aliphatic rings. The molecule has 4 aromatic rings. The van der Waals surface area contributed by atoms with Crippen LogP contribution in [-0.2, 0) is 46.6 Å². The molecule has 31 heteroatoms. The molecule has 0 spiro atoms. The minimum absolute atomic E-state index is 0.0485. The molecule has 0 radical (unpaired) electrons. The minimum Gasteiger partial charge on any atom is -0.461 e. The summed E-state index contributed by atoms with van der Waals surface area (Å²) in [5.74, 6) is 3.02. The Labute approximate surface area is 460 Å². The Balaban J connectivity index is 0.000000485. The average molecular weight is 1270 g/mol. The van der Waals surface area contributed by atoms with E-state index >= 15 is 0 Å². The molecular weight excluding hydrogens is 1210 g/mol. The van der Waals surface area contributed by atoms with Crippen molar-refractivity contribution in [1.29, 1.82) is 5.53 Å². The van der Waals surface area contributed by atoms with Gasteiger partial charge in [0.25, 0.3) is 0 Å². The molecule has 16 nitrogen and oxygen atoms in total. The van der Waals surface area contributed by atoms with Crippen molar-refractivity contribution in [3.05, 3.63) is 132 Å². The number of nitrogens with one attached hydrogen (secondary N) is 2. The molecule has 1 aliphatic heterocycles. The van der Waals surface area contributed by atoms with Crippen LogP contribution in [0, 0.1) is 11.4 Å².